The van der Waals surface area contributed by atoms with Gasteiger partial charge in [-0.3, -0.25) is 0 Å². The van der Waals surface area contributed by atoms with Crippen LogP contribution in [-0.4, -0.2) is 16.1 Å². The van der Waals surface area contributed by atoms with Crippen LogP contribution in [0.3, 0.4) is 0 Å². The highest BCUT2D eigenvalue weighted by Crippen LogP contribution is 1.92. The Balaban J connectivity index is 0.000000810. The molecule has 1 aromatic rings. The third-order valence-corrected chi connectivity index (χ3v) is 1.29. The number of aryl methyl sites for hydroxylation is 1. The maximum atomic E-state index is 5.34. The fourth-order valence-corrected chi connectivity index (χ4v) is 0.766. The lowest BCUT2D eigenvalue weighted by Gasteiger charge is -1.96. The summed E-state index contributed by atoms with van der Waals surface area (Å²) in [5.41, 5.74) is 5.34. The normalized spacial score (nSPS) is 9.00. The summed E-state index contributed by atoms with van der Waals surface area (Å²) in [6.07, 6.45) is 4.57. The highest BCUT2D eigenvalue weighted by Gasteiger charge is 1.93. The third kappa shape index (κ3) is 2.01. The van der Waals surface area contributed by atoms with E-state index >= 15 is 0 Å². The summed E-state index contributed by atoms with van der Waals surface area (Å²) in [6.45, 7) is 0.671. The van der Waals surface area contributed by atoms with Crippen LogP contribution in [0.25, 0.3) is 0 Å². The van der Waals surface area contributed by atoms with E-state index in [0.29, 0.717) is 6.54 Å². The average molecular weight is 162 g/mol. The van der Waals surface area contributed by atoms with Crippen LogP contribution < -0.4 is 5.73 Å². The van der Waals surface area contributed by atoms with Crippen molar-refractivity contribution in [2.24, 2.45) is 12.8 Å². The van der Waals surface area contributed by atoms with Gasteiger partial charge < -0.3 is 10.3 Å². The zero-order chi connectivity index (χ0) is 6.69. The molecule has 1 aromatic heterocycles. The second-order valence-electron chi connectivity index (χ2n) is 1.99. The van der Waals surface area contributed by atoms with Gasteiger partial charge in [0.05, 0.1) is 0 Å². The van der Waals surface area contributed by atoms with Crippen LogP contribution in [0.15, 0.2) is 12.4 Å². The lowest BCUT2D eigenvalue weighted by Crippen LogP contribution is -2.07. The highest BCUT2D eigenvalue weighted by atomic mass is 35.5. The molecule has 58 valence electrons. The van der Waals surface area contributed by atoms with Crippen LogP contribution in [0, 0.1) is 0 Å². The molecule has 0 aliphatic carbocycles. The second kappa shape index (κ2) is 4.30. The monoisotopic (exact) mass is 161 g/mol. The lowest BCUT2D eigenvalue weighted by atomic mass is 10.4. The van der Waals surface area contributed by atoms with Gasteiger partial charge in [-0.05, 0) is 6.54 Å². The Kier molecular flexibility index (Phi) is 4.07. The van der Waals surface area contributed by atoms with E-state index in [2.05, 4.69) is 4.98 Å². The first kappa shape index (κ1) is 9.46. The van der Waals surface area contributed by atoms with Gasteiger partial charge in [0.2, 0.25) is 0 Å². The molecule has 0 saturated carbocycles. The van der Waals surface area contributed by atoms with E-state index in [4.69, 9.17) is 5.73 Å². The van der Waals surface area contributed by atoms with Crippen molar-refractivity contribution < 1.29 is 0 Å². The maximum Gasteiger partial charge on any atom is 0.109 e. The first-order chi connectivity index (χ1) is 4.34. The standard InChI is InChI=1S/C6H11N3.ClH/c1-9-5-4-8-6(9)2-3-7;/h4-5H,2-3,7H2,1H3;1H. The quantitative estimate of drug-likeness (QED) is 0.680. The van der Waals surface area contributed by atoms with E-state index in [-0.39, 0.29) is 12.4 Å². The van der Waals surface area contributed by atoms with Gasteiger partial charge in [0, 0.05) is 25.9 Å². The third-order valence-electron chi connectivity index (χ3n) is 1.29. The largest absolute Gasteiger partial charge is 0.338 e. The molecule has 1 heterocycles. The summed E-state index contributed by atoms with van der Waals surface area (Å²) in [5.74, 6) is 1.05. The van der Waals surface area contributed by atoms with E-state index in [1.54, 1.807) is 6.20 Å². The molecule has 0 atom stereocenters. The molecule has 0 aliphatic rings. The van der Waals surface area contributed by atoms with Crippen LogP contribution in [0.1, 0.15) is 5.82 Å². The Morgan fingerprint density at radius 1 is 1.70 bits per heavy atom. The smallest absolute Gasteiger partial charge is 0.109 e. The Bertz CT molecular complexity index is 185. The number of nitrogens with zero attached hydrogens (tertiary/aromatic N) is 2. The zero-order valence-electron chi connectivity index (χ0n) is 5.95. The van der Waals surface area contributed by atoms with Gasteiger partial charge in [-0.2, -0.15) is 0 Å². The van der Waals surface area contributed by atoms with Gasteiger partial charge in [0.1, 0.15) is 5.82 Å². The second-order valence-corrected chi connectivity index (χ2v) is 1.99. The molecular weight excluding hydrogens is 150 g/mol. The molecule has 0 bridgehead atoms. The minimum atomic E-state index is 0. The van der Waals surface area contributed by atoms with E-state index < -0.39 is 0 Å². The SMILES string of the molecule is Cl.Cn1ccnc1CCN. The van der Waals surface area contributed by atoms with Gasteiger partial charge in [-0.25, -0.2) is 4.98 Å². The van der Waals surface area contributed by atoms with E-state index in [1.807, 2.05) is 17.8 Å². The van der Waals surface area contributed by atoms with Crippen LogP contribution in [0.4, 0.5) is 0 Å². The molecule has 4 heteroatoms. The molecule has 0 radical (unpaired) electrons. The van der Waals surface area contributed by atoms with Crippen molar-refractivity contribution in [1.29, 1.82) is 0 Å². The zero-order valence-corrected chi connectivity index (χ0v) is 6.77. The van der Waals surface area contributed by atoms with E-state index in [1.165, 1.54) is 0 Å². The molecular formula is C6H12ClN3. The fraction of sp³-hybridized carbons (Fsp3) is 0.500. The van der Waals surface area contributed by atoms with Gasteiger partial charge in [0.25, 0.3) is 0 Å². The van der Waals surface area contributed by atoms with Crippen molar-refractivity contribution in [2.75, 3.05) is 6.54 Å². The summed E-state index contributed by atoms with van der Waals surface area (Å²) in [4.78, 5) is 4.09. The maximum absolute atomic E-state index is 5.34. The first-order valence-corrected chi connectivity index (χ1v) is 3.01. The van der Waals surface area contributed by atoms with Crippen molar-refractivity contribution in [3.05, 3.63) is 18.2 Å². The Morgan fingerprint density at radius 2 is 2.40 bits per heavy atom. The lowest BCUT2D eigenvalue weighted by molar-refractivity contribution is 0.778. The number of hydrogen-bond donors (Lipinski definition) is 1. The van der Waals surface area contributed by atoms with E-state index in [0.717, 1.165) is 12.2 Å². The highest BCUT2D eigenvalue weighted by molar-refractivity contribution is 5.85. The van der Waals surface area contributed by atoms with Gasteiger partial charge in [0.15, 0.2) is 0 Å². The van der Waals surface area contributed by atoms with Crippen molar-refractivity contribution in [2.45, 2.75) is 6.42 Å². The topological polar surface area (TPSA) is 43.8 Å². The van der Waals surface area contributed by atoms with Crippen molar-refractivity contribution in [3.8, 4) is 0 Å². The minimum Gasteiger partial charge on any atom is -0.338 e. The van der Waals surface area contributed by atoms with Crippen molar-refractivity contribution in [3.63, 3.8) is 0 Å². The molecule has 0 aromatic carbocycles. The molecule has 0 unspecified atom stereocenters. The number of imidazole rings is 1. The summed E-state index contributed by atoms with van der Waals surface area (Å²) in [6, 6.07) is 0. The van der Waals surface area contributed by atoms with Crippen molar-refractivity contribution in [1.82, 2.24) is 9.55 Å². The number of aromatic nitrogens is 2. The molecule has 0 fully saturated rings. The predicted octanol–water partition coefficient (Wildman–Crippen LogP) is 0.343. The van der Waals surface area contributed by atoms with E-state index in [9.17, 15) is 0 Å². The van der Waals surface area contributed by atoms with Crippen LogP contribution in [-0.2, 0) is 13.5 Å². The molecule has 0 aliphatic heterocycles. The molecule has 2 N–H and O–H groups in total. The average Bonchev–Trinajstić information content (AvgIpc) is 2.18. The van der Waals surface area contributed by atoms with Gasteiger partial charge >= 0.3 is 0 Å². The number of rotatable bonds is 2. The summed E-state index contributed by atoms with van der Waals surface area (Å²) in [7, 11) is 1.97. The Hall–Kier alpha value is -0.540. The Morgan fingerprint density at radius 3 is 2.80 bits per heavy atom. The first-order valence-electron chi connectivity index (χ1n) is 3.01. The molecule has 0 saturated heterocycles. The van der Waals surface area contributed by atoms with Crippen molar-refractivity contribution >= 4 is 12.4 Å². The van der Waals surface area contributed by atoms with Crippen LogP contribution in [0.2, 0.25) is 0 Å². The minimum absolute atomic E-state index is 0. The predicted molar refractivity (Wildman–Crippen MR) is 43.2 cm³/mol. The molecule has 1 rings (SSSR count). The van der Waals surface area contributed by atoms with Gasteiger partial charge in [-0.15, -0.1) is 12.4 Å². The summed E-state index contributed by atoms with van der Waals surface area (Å²) in [5, 5.41) is 0. The number of nitrogens with two attached hydrogens (primary N) is 1. The van der Waals surface area contributed by atoms with Crippen LogP contribution >= 0.6 is 12.4 Å². The fourth-order valence-electron chi connectivity index (χ4n) is 0.766. The Labute approximate surface area is 66.7 Å². The van der Waals surface area contributed by atoms with Gasteiger partial charge in [-0.1, -0.05) is 0 Å². The van der Waals surface area contributed by atoms with Crippen LogP contribution in [0.5, 0.6) is 0 Å². The number of hydrogen-bond acceptors (Lipinski definition) is 2. The summed E-state index contributed by atoms with van der Waals surface area (Å²) < 4.78 is 1.98. The molecule has 0 spiro atoms. The number of halogens is 1. The molecule has 10 heavy (non-hydrogen) atoms. The summed E-state index contributed by atoms with van der Waals surface area (Å²) >= 11 is 0. The molecule has 0 amide bonds. The molecule has 3 nitrogen and oxygen atoms in total.